The first-order chi connectivity index (χ1) is 12.6. The normalized spacial score (nSPS) is 21.1. The van der Waals surface area contributed by atoms with E-state index in [1.807, 2.05) is 12.1 Å². The van der Waals surface area contributed by atoms with Crippen LogP contribution in [0.15, 0.2) is 34.2 Å². The molecule has 0 saturated carbocycles. The lowest BCUT2D eigenvalue weighted by Crippen LogP contribution is -2.40. The fraction of sp³-hybridized carbons (Fsp3) is 0.611. The van der Waals surface area contributed by atoms with E-state index in [0.717, 1.165) is 44.4 Å². The van der Waals surface area contributed by atoms with Crippen molar-refractivity contribution in [2.75, 3.05) is 33.3 Å². The van der Waals surface area contributed by atoms with Crippen molar-refractivity contribution in [1.29, 1.82) is 0 Å². The Labute approximate surface area is 179 Å². The van der Waals surface area contributed by atoms with Crippen LogP contribution in [0.25, 0.3) is 0 Å². The lowest BCUT2D eigenvalue weighted by molar-refractivity contribution is 0.114. The van der Waals surface area contributed by atoms with Crippen LogP contribution in [0.3, 0.4) is 0 Å². The number of hydrogen-bond acceptors (Lipinski definition) is 4. The summed E-state index contributed by atoms with van der Waals surface area (Å²) < 4.78 is 32.2. The molecule has 2 aliphatic heterocycles. The van der Waals surface area contributed by atoms with Gasteiger partial charge in [-0.2, -0.15) is 4.31 Å². The maximum atomic E-state index is 12.5. The van der Waals surface area contributed by atoms with Crippen LogP contribution in [0.2, 0.25) is 0 Å². The van der Waals surface area contributed by atoms with Crippen LogP contribution >= 0.6 is 24.0 Å². The molecule has 0 aliphatic carbocycles. The second kappa shape index (κ2) is 10.6. The fourth-order valence-electron chi connectivity index (χ4n) is 3.28. The number of halogens is 1. The molecule has 2 heterocycles. The SMILES string of the molecule is CN=C(NCc1ccc(S(=O)(=O)N2CCCC2)cc1)NCC1CCCO1.I. The van der Waals surface area contributed by atoms with Crippen LogP contribution in [0.5, 0.6) is 0 Å². The molecule has 1 aromatic carbocycles. The van der Waals surface area contributed by atoms with Crippen molar-refractivity contribution >= 4 is 40.0 Å². The molecule has 1 unspecified atom stereocenters. The van der Waals surface area contributed by atoms with Crippen LogP contribution in [0.4, 0.5) is 0 Å². The summed E-state index contributed by atoms with van der Waals surface area (Å²) in [5, 5.41) is 6.51. The lowest BCUT2D eigenvalue weighted by atomic mass is 10.2. The molecule has 3 rings (SSSR count). The molecule has 0 amide bonds. The minimum atomic E-state index is -3.35. The molecule has 152 valence electrons. The van der Waals surface area contributed by atoms with Gasteiger partial charge in [0.2, 0.25) is 10.0 Å². The third kappa shape index (κ3) is 6.03. The minimum absolute atomic E-state index is 0. The predicted octanol–water partition coefficient (Wildman–Crippen LogP) is 1.93. The number of hydrogen-bond donors (Lipinski definition) is 2. The molecule has 2 saturated heterocycles. The second-order valence-corrected chi connectivity index (χ2v) is 8.63. The first kappa shape index (κ1) is 22.4. The zero-order valence-corrected chi connectivity index (χ0v) is 18.8. The standard InChI is InChI=1S/C18H28N4O3S.HI/c1-19-18(21-14-16-5-4-12-25-16)20-13-15-6-8-17(9-7-15)26(23,24)22-10-2-3-11-22;/h6-9,16H,2-5,10-14H2,1H3,(H2,19,20,21);1H. The highest BCUT2D eigenvalue weighted by atomic mass is 127. The highest BCUT2D eigenvalue weighted by Gasteiger charge is 2.26. The summed E-state index contributed by atoms with van der Waals surface area (Å²) in [6.45, 7) is 3.41. The molecule has 7 nitrogen and oxygen atoms in total. The number of nitrogens with zero attached hydrogens (tertiary/aromatic N) is 2. The number of aliphatic imine (C=N–C) groups is 1. The molecule has 2 N–H and O–H groups in total. The van der Waals surface area contributed by atoms with Gasteiger partial charge in [-0.15, -0.1) is 24.0 Å². The number of nitrogens with one attached hydrogen (secondary N) is 2. The van der Waals surface area contributed by atoms with E-state index in [2.05, 4.69) is 15.6 Å². The Kier molecular flexibility index (Phi) is 8.77. The smallest absolute Gasteiger partial charge is 0.243 e. The number of guanidine groups is 1. The quantitative estimate of drug-likeness (QED) is 0.349. The largest absolute Gasteiger partial charge is 0.376 e. The number of benzene rings is 1. The van der Waals surface area contributed by atoms with Crippen molar-refractivity contribution in [3.8, 4) is 0 Å². The van der Waals surface area contributed by atoms with E-state index in [-0.39, 0.29) is 30.1 Å². The molecule has 1 atom stereocenters. The van der Waals surface area contributed by atoms with Crippen molar-refractivity contribution < 1.29 is 13.2 Å². The van der Waals surface area contributed by atoms with Crippen LogP contribution in [-0.4, -0.2) is 58.1 Å². The molecule has 0 radical (unpaired) electrons. The zero-order chi connectivity index (χ0) is 18.4. The summed E-state index contributed by atoms with van der Waals surface area (Å²) in [4.78, 5) is 4.57. The molecule has 9 heteroatoms. The molecule has 27 heavy (non-hydrogen) atoms. The molecule has 0 spiro atoms. The summed E-state index contributed by atoms with van der Waals surface area (Å²) in [6, 6.07) is 7.08. The van der Waals surface area contributed by atoms with Crippen LogP contribution in [0, 0.1) is 0 Å². The van der Waals surface area contributed by atoms with Gasteiger partial charge in [0, 0.05) is 39.8 Å². The average Bonchev–Trinajstić information content (AvgIpc) is 3.36. The molecule has 1 aromatic rings. The van der Waals surface area contributed by atoms with Crippen molar-refractivity contribution in [2.45, 2.75) is 43.2 Å². The van der Waals surface area contributed by atoms with E-state index < -0.39 is 10.0 Å². The van der Waals surface area contributed by atoms with Gasteiger partial charge in [-0.3, -0.25) is 4.99 Å². The van der Waals surface area contributed by atoms with E-state index in [1.165, 1.54) is 0 Å². The molecular formula is C18H29IN4O3S. The summed E-state index contributed by atoms with van der Waals surface area (Å²) in [6.07, 6.45) is 4.34. The van der Waals surface area contributed by atoms with Crippen LogP contribution in [0.1, 0.15) is 31.2 Å². The van der Waals surface area contributed by atoms with Gasteiger partial charge in [-0.25, -0.2) is 8.42 Å². The highest BCUT2D eigenvalue weighted by molar-refractivity contribution is 14.0. The fourth-order valence-corrected chi connectivity index (χ4v) is 4.80. The van der Waals surface area contributed by atoms with Gasteiger partial charge < -0.3 is 15.4 Å². The van der Waals surface area contributed by atoms with Gasteiger partial charge in [-0.1, -0.05) is 12.1 Å². The Hall–Kier alpha value is -0.910. The summed E-state index contributed by atoms with van der Waals surface area (Å²) >= 11 is 0. The Morgan fingerprint density at radius 1 is 1.19 bits per heavy atom. The first-order valence-electron chi connectivity index (χ1n) is 9.25. The van der Waals surface area contributed by atoms with E-state index in [4.69, 9.17) is 4.74 Å². The number of sulfonamides is 1. The third-order valence-corrected chi connectivity index (χ3v) is 6.74. The third-order valence-electron chi connectivity index (χ3n) is 4.83. The second-order valence-electron chi connectivity index (χ2n) is 6.70. The number of ether oxygens (including phenoxy) is 1. The van der Waals surface area contributed by atoms with Crippen LogP contribution < -0.4 is 10.6 Å². The Morgan fingerprint density at radius 3 is 2.48 bits per heavy atom. The highest BCUT2D eigenvalue weighted by Crippen LogP contribution is 2.21. The van der Waals surface area contributed by atoms with Gasteiger partial charge in [0.1, 0.15) is 0 Å². The van der Waals surface area contributed by atoms with E-state index >= 15 is 0 Å². The molecule has 0 bridgehead atoms. The Balaban J connectivity index is 0.00000261. The van der Waals surface area contributed by atoms with Gasteiger partial charge in [0.05, 0.1) is 11.0 Å². The maximum absolute atomic E-state index is 12.5. The Bertz CT molecular complexity index is 713. The summed E-state index contributed by atoms with van der Waals surface area (Å²) in [5.74, 6) is 0.717. The van der Waals surface area contributed by atoms with Gasteiger partial charge >= 0.3 is 0 Å². The van der Waals surface area contributed by atoms with Gasteiger partial charge in [0.25, 0.3) is 0 Å². The van der Waals surface area contributed by atoms with Crippen molar-refractivity contribution in [1.82, 2.24) is 14.9 Å². The van der Waals surface area contributed by atoms with Crippen LogP contribution in [-0.2, 0) is 21.3 Å². The first-order valence-corrected chi connectivity index (χ1v) is 10.7. The monoisotopic (exact) mass is 508 g/mol. The van der Waals surface area contributed by atoms with Crippen molar-refractivity contribution in [3.05, 3.63) is 29.8 Å². The predicted molar refractivity (Wildman–Crippen MR) is 117 cm³/mol. The summed E-state index contributed by atoms with van der Waals surface area (Å²) in [5.41, 5.74) is 1.01. The molecular weight excluding hydrogens is 479 g/mol. The topological polar surface area (TPSA) is 83.0 Å². The van der Waals surface area contributed by atoms with Crippen molar-refractivity contribution in [2.24, 2.45) is 4.99 Å². The number of rotatable bonds is 6. The van der Waals surface area contributed by atoms with E-state index in [0.29, 0.717) is 30.5 Å². The molecule has 2 fully saturated rings. The van der Waals surface area contributed by atoms with Gasteiger partial charge in [0.15, 0.2) is 5.96 Å². The van der Waals surface area contributed by atoms with Gasteiger partial charge in [-0.05, 0) is 43.4 Å². The minimum Gasteiger partial charge on any atom is -0.376 e. The maximum Gasteiger partial charge on any atom is 0.243 e. The molecule has 0 aromatic heterocycles. The lowest BCUT2D eigenvalue weighted by Gasteiger charge is -2.16. The zero-order valence-electron chi connectivity index (χ0n) is 15.7. The molecule has 2 aliphatic rings. The van der Waals surface area contributed by atoms with E-state index in [9.17, 15) is 8.42 Å². The van der Waals surface area contributed by atoms with E-state index in [1.54, 1.807) is 23.5 Å². The summed E-state index contributed by atoms with van der Waals surface area (Å²) in [7, 11) is -1.61. The van der Waals surface area contributed by atoms with Crippen molar-refractivity contribution in [3.63, 3.8) is 0 Å². The average molecular weight is 508 g/mol. The Morgan fingerprint density at radius 2 is 1.89 bits per heavy atom.